The molecule has 4 rings (SSSR count). The molecule has 0 bridgehead atoms. The normalized spacial score (nSPS) is 10.6. The number of carbonyl (C=O) groups is 1. The minimum Gasteiger partial charge on any atom is -0.496 e. The number of nitrogens with one attached hydrogen (secondary N) is 1. The van der Waals surface area contributed by atoms with E-state index in [4.69, 9.17) is 4.74 Å². The van der Waals surface area contributed by atoms with E-state index in [0.717, 1.165) is 5.69 Å². The summed E-state index contributed by atoms with van der Waals surface area (Å²) in [6.07, 6.45) is 6.51. The van der Waals surface area contributed by atoms with Gasteiger partial charge in [0.1, 0.15) is 11.4 Å². The molecule has 150 valence electrons. The monoisotopic (exact) mass is 402 g/mol. The highest BCUT2D eigenvalue weighted by atomic mass is 16.5. The zero-order valence-corrected chi connectivity index (χ0v) is 16.1. The van der Waals surface area contributed by atoms with Gasteiger partial charge in [0, 0.05) is 24.1 Å². The minimum atomic E-state index is -0.396. The third kappa shape index (κ3) is 3.95. The maximum atomic E-state index is 12.8. The molecule has 1 aromatic carbocycles. The maximum Gasteiger partial charge on any atom is 0.258 e. The lowest BCUT2D eigenvalue weighted by molar-refractivity contribution is 0.0946. The van der Waals surface area contributed by atoms with Crippen LogP contribution in [0.5, 0.6) is 5.75 Å². The smallest absolute Gasteiger partial charge is 0.258 e. The van der Waals surface area contributed by atoms with E-state index in [0.29, 0.717) is 11.4 Å². The average molecular weight is 402 g/mol. The number of methoxy groups -OCH3 is 1. The SMILES string of the molecule is COc1cc(=O)n(-c2ccccc2)cc1C(=O)NCc1cn(-c2cccnc2)nn1. The maximum absolute atomic E-state index is 12.8. The van der Waals surface area contributed by atoms with Gasteiger partial charge in [-0.3, -0.25) is 19.1 Å². The van der Waals surface area contributed by atoms with Gasteiger partial charge in [0.25, 0.3) is 11.5 Å². The molecule has 3 heterocycles. The van der Waals surface area contributed by atoms with E-state index in [9.17, 15) is 9.59 Å². The summed E-state index contributed by atoms with van der Waals surface area (Å²) in [5.74, 6) is -0.198. The molecule has 0 aliphatic carbocycles. The van der Waals surface area contributed by atoms with Crippen LogP contribution in [0.4, 0.5) is 0 Å². The lowest BCUT2D eigenvalue weighted by Gasteiger charge is -2.12. The molecule has 1 amide bonds. The van der Waals surface area contributed by atoms with E-state index >= 15 is 0 Å². The van der Waals surface area contributed by atoms with E-state index in [1.54, 1.807) is 41.5 Å². The lowest BCUT2D eigenvalue weighted by atomic mass is 10.2. The third-order valence-corrected chi connectivity index (χ3v) is 4.40. The molecular weight excluding hydrogens is 384 g/mol. The number of hydrogen-bond acceptors (Lipinski definition) is 6. The van der Waals surface area contributed by atoms with Gasteiger partial charge in [0.05, 0.1) is 37.3 Å². The number of carbonyl (C=O) groups excluding carboxylic acids is 1. The van der Waals surface area contributed by atoms with Crippen LogP contribution in [-0.4, -0.2) is 37.6 Å². The van der Waals surface area contributed by atoms with E-state index in [1.807, 2.05) is 24.3 Å². The van der Waals surface area contributed by atoms with Gasteiger partial charge < -0.3 is 10.1 Å². The zero-order valence-electron chi connectivity index (χ0n) is 16.1. The van der Waals surface area contributed by atoms with Crippen molar-refractivity contribution in [3.05, 3.63) is 94.9 Å². The Hall–Kier alpha value is -4.27. The van der Waals surface area contributed by atoms with Gasteiger partial charge >= 0.3 is 0 Å². The molecular formula is C21H18N6O3. The number of aromatic nitrogens is 5. The van der Waals surface area contributed by atoms with Crippen LogP contribution in [0.2, 0.25) is 0 Å². The number of ether oxygens (including phenoxy) is 1. The molecule has 1 N–H and O–H groups in total. The van der Waals surface area contributed by atoms with Crippen LogP contribution in [0, 0.1) is 0 Å². The van der Waals surface area contributed by atoms with Crippen LogP contribution in [0.3, 0.4) is 0 Å². The van der Waals surface area contributed by atoms with E-state index < -0.39 is 5.91 Å². The van der Waals surface area contributed by atoms with Crippen LogP contribution in [0.15, 0.2) is 78.1 Å². The van der Waals surface area contributed by atoms with Crippen molar-refractivity contribution in [2.75, 3.05) is 7.11 Å². The Labute approximate surface area is 171 Å². The van der Waals surface area contributed by atoms with Crippen LogP contribution in [0.1, 0.15) is 16.1 Å². The van der Waals surface area contributed by atoms with Gasteiger partial charge in [0.15, 0.2) is 0 Å². The van der Waals surface area contributed by atoms with Gasteiger partial charge in [-0.2, -0.15) is 0 Å². The number of nitrogens with zero attached hydrogens (tertiary/aromatic N) is 5. The molecule has 0 aliphatic heterocycles. The minimum absolute atomic E-state index is 0.159. The first-order valence-electron chi connectivity index (χ1n) is 9.11. The molecule has 30 heavy (non-hydrogen) atoms. The molecule has 9 nitrogen and oxygen atoms in total. The number of pyridine rings is 2. The highest BCUT2D eigenvalue weighted by Gasteiger charge is 2.16. The van der Waals surface area contributed by atoms with Gasteiger partial charge in [-0.15, -0.1) is 5.10 Å². The van der Waals surface area contributed by atoms with Gasteiger partial charge in [-0.05, 0) is 24.3 Å². The second-order valence-corrected chi connectivity index (χ2v) is 6.35. The fourth-order valence-electron chi connectivity index (χ4n) is 2.91. The predicted molar refractivity (Wildman–Crippen MR) is 109 cm³/mol. The van der Waals surface area contributed by atoms with E-state index in [-0.39, 0.29) is 23.4 Å². The topological polar surface area (TPSA) is 104 Å². The Balaban J connectivity index is 1.55. The van der Waals surface area contributed by atoms with Crippen LogP contribution in [0.25, 0.3) is 11.4 Å². The molecule has 0 fully saturated rings. The fraction of sp³-hybridized carbons (Fsp3) is 0.0952. The first kappa shape index (κ1) is 19.1. The quantitative estimate of drug-likeness (QED) is 0.527. The zero-order chi connectivity index (χ0) is 20.9. The van der Waals surface area contributed by atoms with Crippen molar-refractivity contribution in [3.8, 4) is 17.1 Å². The van der Waals surface area contributed by atoms with E-state index in [1.165, 1.54) is 23.9 Å². The Morgan fingerprint density at radius 1 is 1.10 bits per heavy atom. The highest BCUT2D eigenvalue weighted by molar-refractivity contribution is 5.96. The van der Waals surface area contributed by atoms with Crippen LogP contribution >= 0.6 is 0 Å². The summed E-state index contributed by atoms with van der Waals surface area (Å²) >= 11 is 0. The van der Waals surface area contributed by atoms with Crippen molar-refractivity contribution in [2.45, 2.75) is 6.54 Å². The Bertz CT molecular complexity index is 1220. The Kier molecular flexibility index (Phi) is 5.33. The van der Waals surface area contributed by atoms with Gasteiger partial charge in [-0.25, -0.2) is 4.68 Å². The molecule has 0 aliphatic rings. The standard InChI is InChI=1S/C21H18N6O3/c1-30-19-10-20(28)26(16-6-3-2-4-7-16)14-18(19)21(29)23-11-15-13-27(25-24-15)17-8-5-9-22-12-17/h2-10,12-14H,11H2,1H3,(H,23,29). The van der Waals surface area contributed by atoms with Crippen molar-refractivity contribution in [2.24, 2.45) is 0 Å². The molecule has 0 saturated carbocycles. The summed E-state index contributed by atoms with van der Waals surface area (Å²) in [7, 11) is 1.41. The lowest BCUT2D eigenvalue weighted by Crippen LogP contribution is -2.27. The molecule has 3 aromatic heterocycles. The summed E-state index contributed by atoms with van der Waals surface area (Å²) in [5, 5.41) is 10.9. The summed E-state index contributed by atoms with van der Waals surface area (Å²) in [4.78, 5) is 29.3. The molecule has 0 atom stereocenters. The molecule has 9 heteroatoms. The third-order valence-electron chi connectivity index (χ3n) is 4.40. The largest absolute Gasteiger partial charge is 0.496 e. The van der Waals surface area contributed by atoms with Crippen LogP contribution in [-0.2, 0) is 6.54 Å². The Morgan fingerprint density at radius 2 is 1.90 bits per heavy atom. The molecule has 0 spiro atoms. The number of rotatable bonds is 6. The second-order valence-electron chi connectivity index (χ2n) is 6.35. The fourth-order valence-corrected chi connectivity index (χ4v) is 2.91. The summed E-state index contributed by atoms with van der Waals surface area (Å²) in [6, 6.07) is 14.0. The van der Waals surface area contributed by atoms with Crippen molar-refractivity contribution < 1.29 is 9.53 Å². The van der Waals surface area contributed by atoms with E-state index in [2.05, 4.69) is 20.6 Å². The van der Waals surface area contributed by atoms with Crippen molar-refractivity contribution in [1.82, 2.24) is 29.9 Å². The van der Waals surface area contributed by atoms with Crippen molar-refractivity contribution in [3.63, 3.8) is 0 Å². The average Bonchev–Trinajstić information content (AvgIpc) is 3.27. The molecule has 0 unspecified atom stereocenters. The summed E-state index contributed by atoms with van der Waals surface area (Å²) in [5.41, 5.74) is 1.93. The summed E-state index contributed by atoms with van der Waals surface area (Å²) < 4.78 is 8.21. The van der Waals surface area contributed by atoms with Crippen molar-refractivity contribution in [1.29, 1.82) is 0 Å². The number of hydrogen-bond donors (Lipinski definition) is 1. The number of amides is 1. The van der Waals surface area contributed by atoms with Gasteiger partial charge in [-0.1, -0.05) is 23.4 Å². The van der Waals surface area contributed by atoms with Gasteiger partial charge in [0.2, 0.25) is 0 Å². The predicted octanol–water partition coefficient (Wildman–Crippen LogP) is 1.75. The van der Waals surface area contributed by atoms with Crippen LogP contribution < -0.4 is 15.6 Å². The second kappa shape index (κ2) is 8.39. The summed E-state index contributed by atoms with van der Waals surface area (Å²) in [6.45, 7) is 0.159. The first-order chi connectivity index (χ1) is 14.7. The molecule has 4 aromatic rings. The number of para-hydroxylation sites is 1. The Morgan fingerprint density at radius 3 is 2.63 bits per heavy atom. The molecule has 0 saturated heterocycles. The molecule has 0 radical (unpaired) electrons. The van der Waals surface area contributed by atoms with Crippen molar-refractivity contribution >= 4 is 5.91 Å². The number of benzene rings is 1. The first-order valence-corrected chi connectivity index (χ1v) is 9.11. The highest BCUT2D eigenvalue weighted by Crippen LogP contribution is 2.17.